The van der Waals surface area contributed by atoms with Crippen molar-refractivity contribution in [2.45, 2.75) is 51.7 Å². The third-order valence-corrected chi connectivity index (χ3v) is 7.58. The van der Waals surface area contributed by atoms with Gasteiger partial charge in [0.25, 0.3) is 0 Å². The van der Waals surface area contributed by atoms with E-state index in [1.165, 1.54) is 12.1 Å². The number of hydrogen-bond acceptors (Lipinski definition) is 7. The molecule has 0 bridgehead atoms. The topological polar surface area (TPSA) is 172 Å². The highest BCUT2D eigenvalue weighted by Gasteiger charge is 2.40. The summed E-state index contributed by atoms with van der Waals surface area (Å²) in [5, 5.41) is 22.4. The van der Waals surface area contributed by atoms with E-state index < -0.39 is 55.2 Å². The Morgan fingerprint density at radius 1 is 1.18 bits per heavy atom. The highest BCUT2D eigenvalue weighted by Crippen LogP contribution is 2.54. The number of aliphatic carboxylic acids is 2. The zero-order valence-corrected chi connectivity index (χ0v) is 19.6. The Labute approximate surface area is 189 Å². The van der Waals surface area contributed by atoms with E-state index in [2.05, 4.69) is 10.4 Å². The molecule has 4 N–H and O–H groups in total. The van der Waals surface area contributed by atoms with Crippen LogP contribution in [0, 0.1) is 6.92 Å². The molecule has 0 aliphatic heterocycles. The molecule has 33 heavy (non-hydrogen) atoms. The number of aryl methyl sites for hydroxylation is 1. The zero-order chi connectivity index (χ0) is 25.0. The molecule has 1 amide bonds. The third kappa shape index (κ3) is 6.90. The number of carbonyl (C=O) groups is 3. The SMILES string of the molecule is Cc1cc(=O)oc2cc(OP(=O)(NCC(=O)N[C@@H](CCC(=O)O)C(=O)O)C(C)(C)C)ccc12. The van der Waals surface area contributed by atoms with Gasteiger partial charge >= 0.3 is 25.1 Å². The van der Waals surface area contributed by atoms with Crippen LogP contribution in [0.2, 0.25) is 0 Å². The molecule has 2 atom stereocenters. The Kier molecular flexibility index (Phi) is 8.05. The molecule has 2 aromatic rings. The monoisotopic (exact) mass is 482 g/mol. The van der Waals surface area contributed by atoms with Gasteiger partial charge in [-0.3, -0.25) is 14.2 Å². The summed E-state index contributed by atoms with van der Waals surface area (Å²) in [6.07, 6.45) is -0.739. The van der Waals surface area contributed by atoms with Gasteiger partial charge in [0.2, 0.25) is 5.91 Å². The van der Waals surface area contributed by atoms with Crippen molar-refractivity contribution in [3.8, 4) is 5.75 Å². The molecule has 0 radical (unpaired) electrons. The van der Waals surface area contributed by atoms with E-state index >= 15 is 0 Å². The van der Waals surface area contributed by atoms with Crippen molar-refractivity contribution < 1.29 is 38.1 Å². The average molecular weight is 482 g/mol. The maximum absolute atomic E-state index is 13.6. The van der Waals surface area contributed by atoms with Crippen LogP contribution in [0.3, 0.4) is 0 Å². The normalized spacial score (nSPS) is 14.3. The van der Waals surface area contributed by atoms with Crippen molar-refractivity contribution >= 4 is 36.3 Å². The van der Waals surface area contributed by atoms with Crippen molar-refractivity contribution in [2.24, 2.45) is 0 Å². The number of hydrogen-bond donors (Lipinski definition) is 4. The van der Waals surface area contributed by atoms with Crippen LogP contribution in [0.1, 0.15) is 39.2 Å². The zero-order valence-electron chi connectivity index (χ0n) is 18.7. The number of fused-ring (bicyclic) bond motifs is 1. The molecule has 0 aliphatic carbocycles. The summed E-state index contributed by atoms with van der Waals surface area (Å²) in [6.45, 7) is 6.12. The van der Waals surface area contributed by atoms with Gasteiger partial charge in [-0.15, -0.1) is 0 Å². The van der Waals surface area contributed by atoms with Gasteiger partial charge in [0.05, 0.1) is 11.7 Å². The molecule has 11 nitrogen and oxygen atoms in total. The summed E-state index contributed by atoms with van der Waals surface area (Å²) >= 11 is 0. The van der Waals surface area contributed by atoms with Crippen LogP contribution in [0.15, 0.2) is 33.5 Å². The Hall–Kier alpha value is -3.17. The Bertz CT molecular complexity index is 1170. The third-order valence-electron chi connectivity index (χ3n) is 4.77. The molecule has 1 aromatic heterocycles. The molecule has 0 spiro atoms. The van der Waals surface area contributed by atoms with Crippen LogP contribution in [0.4, 0.5) is 0 Å². The van der Waals surface area contributed by atoms with E-state index in [0.29, 0.717) is 10.9 Å². The van der Waals surface area contributed by atoms with Gasteiger partial charge in [0.15, 0.2) is 0 Å². The smallest absolute Gasteiger partial charge is 0.336 e. The van der Waals surface area contributed by atoms with Crippen molar-refractivity contribution in [3.63, 3.8) is 0 Å². The molecule has 12 heteroatoms. The first-order valence-electron chi connectivity index (χ1n) is 10.1. The first-order valence-corrected chi connectivity index (χ1v) is 11.7. The quantitative estimate of drug-likeness (QED) is 0.291. The van der Waals surface area contributed by atoms with E-state index in [-0.39, 0.29) is 17.8 Å². The minimum absolute atomic E-state index is 0.146. The molecule has 1 heterocycles. The number of carboxylic acid groups (broad SMARTS) is 2. The lowest BCUT2D eigenvalue weighted by molar-refractivity contribution is -0.142. The van der Waals surface area contributed by atoms with Gasteiger partial charge in [-0.2, -0.15) is 0 Å². The summed E-state index contributed by atoms with van der Waals surface area (Å²) in [6, 6.07) is 4.59. The highest BCUT2D eigenvalue weighted by molar-refractivity contribution is 7.58. The fourth-order valence-electron chi connectivity index (χ4n) is 2.86. The van der Waals surface area contributed by atoms with Crippen LogP contribution < -0.4 is 20.6 Å². The van der Waals surface area contributed by atoms with Crippen LogP contribution >= 0.6 is 7.52 Å². The van der Waals surface area contributed by atoms with Crippen molar-refractivity contribution in [1.29, 1.82) is 0 Å². The van der Waals surface area contributed by atoms with E-state index in [9.17, 15) is 28.8 Å². The van der Waals surface area contributed by atoms with Crippen LogP contribution in [-0.2, 0) is 18.9 Å². The second kappa shape index (κ2) is 10.2. The van der Waals surface area contributed by atoms with Gasteiger partial charge in [0.1, 0.15) is 17.4 Å². The van der Waals surface area contributed by atoms with E-state index in [4.69, 9.17) is 14.0 Å². The average Bonchev–Trinajstić information content (AvgIpc) is 2.68. The molecule has 0 fully saturated rings. The molecule has 1 aromatic carbocycles. The predicted molar refractivity (Wildman–Crippen MR) is 120 cm³/mol. The molecule has 0 saturated heterocycles. The fraction of sp³-hybridized carbons (Fsp3) is 0.429. The summed E-state index contributed by atoms with van der Waals surface area (Å²) in [7, 11) is -3.75. The maximum atomic E-state index is 13.6. The minimum Gasteiger partial charge on any atom is -0.481 e. The summed E-state index contributed by atoms with van der Waals surface area (Å²) in [5.41, 5.74) is 0.415. The van der Waals surface area contributed by atoms with E-state index in [1.54, 1.807) is 39.8 Å². The maximum Gasteiger partial charge on any atom is 0.336 e. The lowest BCUT2D eigenvalue weighted by Crippen LogP contribution is -2.45. The fourth-order valence-corrected chi connectivity index (χ4v) is 4.44. The Morgan fingerprint density at radius 3 is 2.42 bits per heavy atom. The first-order chi connectivity index (χ1) is 15.2. The summed E-state index contributed by atoms with van der Waals surface area (Å²) < 4.78 is 24.5. The van der Waals surface area contributed by atoms with E-state index in [1.807, 2.05) is 0 Å². The molecular weight excluding hydrogens is 455 g/mol. The number of carboxylic acids is 2. The van der Waals surface area contributed by atoms with Gasteiger partial charge in [-0.25, -0.2) is 14.7 Å². The lowest BCUT2D eigenvalue weighted by atomic mass is 10.1. The molecular formula is C21H27N2O9P. The summed E-state index contributed by atoms with van der Waals surface area (Å²) in [4.78, 5) is 45.9. The van der Waals surface area contributed by atoms with Crippen molar-refractivity contribution in [1.82, 2.24) is 10.4 Å². The molecule has 1 unspecified atom stereocenters. The second-order valence-corrected chi connectivity index (χ2v) is 11.4. The van der Waals surface area contributed by atoms with Crippen molar-refractivity contribution in [3.05, 3.63) is 40.2 Å². The van der Waals surface area contributed by atoms with Gasteiger partial charge in [-0.05, 0) is 51.8 Å². The number of benzene rings is 1. The number of carbonyl (C=O) groups excluding carboxylic acids is 1. The molecule has 180 valence electrons. The predicted octanol–water partition coefficient (Wildman–Crippen LogP) is 2.50. The Balaban J connectivity index is 2.18. The number of amides is 1. The lowest BCUT2D eigenvalue weighted by Gasteiger charge is -2.31. The highest BCUT2D eigenvalue weighted by atomic mass is 31.2. The summed E-state index contributed by atoms with van der Waals surface area (Å²) in [5.74, 6) is -3.22. The van der Waals surface area contributed by atoms with Crippen LogP contribution in [-0.4, -0.2) is 45.8 Å². The van der Waals surface area contributed by atoms with Gasteiger partial charge in [-0.1, -0.05) is 0 Å². The van der Waals surface area contributed by atoms with E-state index in [0.717, 1.165) is 0 Å². The van der Waals surface area contributed by atoms with Gasteiger partial charge < -0.3 is 24.5 Å². The first kappa shape index (κ1) is 26.1. The van der Waals surface area contributed by atoms with Gasteiger partial charge in [0, 0.05) is 23.9 Å². The standard InChI is InChI=1S/C21H27N2O9P/c1-12-9-19(27)31-16-10-13(5-6-14(12)16)32-33(30,21(2,3)4)22-11-17(24)23-15(20(28)29)7-8-18(25)26/h5-6,9-10,15H,7-8,11H2,1-4H3,(H,22,30)(H,23,24)(H,25,26)(H,28,29)/t15-,33?/m0/s1. The second-order valence-electron chi connectivity index (χ2n) is 8.45. The Morgan fingerprint density at radius 2 is 1.85 bits per heavy atom. The molecule has 0 aliphatic rings. The molecule has 2 rings (SSSR count). The van der Waals surface area contributed by atoms with Crippen molar-refractivity contribution in [2.75, 3.05) is 6.54 Å². The number of rotatable bonds is 10. The number of nitrogens with one attached hydrogen (secondary N) is 2. The molecule has 0 saturated carbocycles. The largest absolute Gasteiger partial charge is 0.481 e. The van der Waals surface area contributed by atoms with Crippen LogP contribution in [0.5, 0.6) is 5.75 Å². The minimum atomic E-state index is -3.75. The van der Waals surface area contributed by atoms with Crippen LogP contribution in [0.25, 0.3) is 11.0 Å².